The van der Waals surface area contributed by atoms with Crippen molar-refractivity contribution in [2.45, 2.75) is 62.0 Å². The van der Waals surface area contributed by atoms with Crippen molar-refractivity contribution >= 4 is 27.7 Å². The number of alkyl halides is 8. The Balaban J connectivity index is 1.70. The number of hydrogen-bond acceptors (Lipinski definition) is 3. The lowest BCUT2D eigenvalue weighted by Crippen LogP contribution is -2.53. The number of hydrogen-bond donors (Lipinski definition) is 1. The normalized spacial score (nSPS) is 24.7. The zero-order valence-corrected chi connectivity index (χ0v) is 19.8. The summed E-state index contributed by atoms with van der Waals surface area (Å²) < 4.78 is 112. The largest absolute Gasteiger partial charge is 0.416 e. The topological polar surface area (TPSA) is 73.2 Å². The van der Waals surface area contributed by atoms with Crippen LogP contribution in [0.1, 0.15) is 43.2 Å². The molecule has 0 bridgehead atoms. The minimum absolute atomic E-state index is 0.123. The van der Waals surface area contributed by atoms with Crippen LogP contribution in [-0.4, -0.2) is 41.0 Å². The first kappa shape index (κ1) is 26.6. The molecule has 2 saturated carbocycles. The molecule has 3 fully saturated rings. The molecule has 1 aliphatic heterocycles. The summed E-state index contributed by atoms with van der Waals surface area (Å²) in [6.07, 6.45) is -11.8. The van der Waals surface area contributed by atoms with Crippen LogP contribution in [0.4, 0.5) is 35.1 Å². The molecule has 4 rings (SSSR count). The van der Waals surface area contributed by atoms with E-state index in [4.69, 9.17) is 0 Å². The maximum absolute atomic E-state index is 15.6. The number of amides is 2. The third-order valence-electron chi connectivity index (χ3n) is 7.05. The Morgan fingerprint density at radius 1 is 1.03 bits per heavy atom. The highest BCUT2D eigenvalue weighted by atomic mass is 79.9. The average Bonchev–Trinajstić information content (AvgIpc) is 3.68. The van der Waals surface area contributed by atoms with Crippen LogP contribution < -0.4 is 5.32 Å². The summed E-state index contributed by atoms with van der Waals surface area (Å²) in [6.45, 7) is -1.06. The van der Waals surface area contributed by atoms with Crippen molar-refractivity contribution in [1.29, 1.82) is 5.26 Å². The minimum Gasteiger partial charge on any atom is -0.336 e. The van der Waals surface area contributed by atoms with E-state index in [0.717, 1.165) is 6.07 Å². The van der Waals surface area contributed by atoms with Crippen molar-refractivity contribution in [3.05, 3.63) is 33.8 Å². The molecular weight excluding hydrogens is 570 g/mol. The van der Waals surface area contributed by atoms with Crippen LogP contribution in [0.25, 0.3) is 0 Å². The van der Waals surface area contributed by atoms with Gasteiger partial charge < -0.3 is 10.2 Å². The van der Waals surface area contributed by atoms with E-state index in [2.05, 4.69) is 21.2 Å². The number of carbonyl (C=O) groups is 2. The first-order valence-corrected chi connectivity index (χ1v) is 11.6. The lowest BCUT2D eigenvalue weighted by molar-refractivity contribution is -0.199. The molecular formula is C22H18BrF8N3O2. The Hall–Kier alpha value is -2.43. The van der Waals surface area contributed by atoms with Gasteiger partial charge in [0.2, 0.25) is 11.8 Å². The molecule has 14 heteroatoms. The fourth-order valence-corrected chi connectivity index (χ4v) is 4.92. The van der Waals surface area contributed by atoms with Crippen LogP contribution in [0, 0.1) is 22.7 Å². The highest BCUT2D eigenvalue weighted by Gasteiger charge is 2.71. The second kappa shape index (κ2) is 8.29. The summed E-state index contributed by atoms with van der Waals surface area (Å²) in [4.78, 5) is 26.2. The fourth-order valence-electron chi connectivity index (χ4n) is 4.56. The van der Waals surface area contributed by atoms with Crippen LogP contribution in [-0.2, 0) is 21.7 Å². The lowest BCUT2D eigenvalue weighted by Gasteiger charge is -2.30. The van der Waals surface area contributed by atoms with Gasteiger partial charge in [-0.15, -0.1) is 0 Å². The first-order chi connectivity index (χ1) is 16.5. The highest BCUT2D eigenvalue weighted by Crippen LogP contribution is 2.60. The number of halogens is 9. The number of carbonyl (C=O) groups excluding carboxylic acids is 2. The van der Waals surface area contributed by atoms with Gasteiger partial charge in [-0.05, 0) is 44.2 Å². The Kier molecular flexibility index (Phi) is 6.13. The van der Waals surface area contributed by atoms with Gasteiger partial charge in [0.15, 0.2) is 0 Å². The van der Waals surface area contributed by atoms with E-state index in [1.807, 2.05) is 6.07 Å². The maximum atomic E-state index is 15.6. The monoisotopic (exact) mass is 587 g/mol. The van der Waals surface area contributed by atoms with Gasteiger partial charge in [-0.3, -0.25) is 9.59 Å². The number of rotatable bonds is 5. The maximum Gasteiger partial charge on any atom is 0.416 e. The van der Waals surface area contributed by atoms with Gasteiger partial charge in [0.1, 0.15) is 17.0 Å². The molecule has 1 N–H and O–H groups in total. The van der Waals surface area contributed by atoms with Gasteiger partial charge in [0.05, 0.1) is 11.6 Å². The SMILES string of the molecule is N#CC1(NC(=O)[C@@H]2C[C@@H](C(F)(F)c3ccc(Br)cc3C(F)(F)F)CN2C(=O)C2(C(F)(F)F)CC2)CC1. The number of nitriles is 1. The molecule has 0 radical (unpaired) electrons. The van der Waals surface area contributed by atoms with Crippen LogP contribution in [0.2, 0.25) is 0 Å². The van der Waals surface area contributed by atoms with Crippen molar-refractivity contribution in [3.63, 3.8) is 0 Å². The van der Waals surface area contributed by atoms with Crippen LogP contribution in [0.15, 0.2) is 22.7 Å². The molecule has 0 unspecified atom stereocenters. The Bertz CT molecular complexity index is 1140. The van der Waals surface area contributed by atoms with E-state index < -0.39 is 89.9 Å². The summed E-state index contributed by atoms with van der Waals surface area (Å²) in [5, 5.41) is 11.5. The molecule has 36 heavy (non-hydrogen) atoms. The predicted molar refractivity (Wildman–Crippen MR) is 110 cm³/mol. The van der Waals surface area contributed by atoms with E-state index in [0.29, 0.717) is 17.0 Å². The van der Waals surface area contributed by atoms with Gasteiger partial charge in [0, 0.05) is 22.5 Å². The van der Waals surface area contributed by atoms with E-state index >= 15 is 8.78 Å². The van der Waals surface area contributed by atoms with Crippen molar-refractivity contribution in [3.8, 4) is 6.07 Å². The predicted octanol–water partition coefficient (Wildman–Crippen LogP) is 5.29. The highest BCUT2D eigenvalue weighted by molar-refractivity contribution is 9.10. The third-order valence-corrected chi connectivity index (χ3v) is 7.55. The van der Waals surface area contributed by atoms with Gasteiger partial charge >= 0.3 is 12.4 Å². The zero-order valence-electron chi connectivity index (χ0n) is 18.2. The molecule has 0 spiro atoms. The van der Waals surface area contributed by atoms with E-state index in [-0.39, 0.29) is 17.3 Å². The molecule has 0 aromatic heterocycles. The molecule has 1 aromatic carbocycles. The van der Waals surface area contributed by atoms with E-state index in [1.165, 1.54) is 0 Å². The van der Waals surface area contributed by atoms with Crippen molar-refractivity contribution in [2.75, 3.05) is 6.54 Å². The summed E-state index contributed by atoms with van der Waals surface area (Å²) in [5.41, 5.74) is -7.19. The third kappa shape index (κ3) is 4.43. The number of benzene rings is 1. The molecule has 1 heterocycles. The van der Waals surface area contributed by atoms with Gasteiger partial charge in [0.25, 0.3) is 5.92 Å². The Labute approximate surface area is 207 Å². The molecule has 3 aliphatic rings. The summed E-state index contributed by atoms with van der Waals surface area (Å²) >= 11 is 2.80. The van der Waals surface area contributed by atoms with Gasteiger partial charge in [-0.25, -0.2) is 8.78 Å². The zero-order chi connectivity index (χ0) is 26.9. The summed E-state index contributed by atoms with van der Waals surface area (Å²) in [6, 6.07) is 2.00. The Morgan fingerprint density at radius 3 is 2.11 bits per heavy atom. The number of nitrogens with one attached hydrogen (secondary N) is 1. The van der Waals surface area contributed by atoms with Crippen molar-refractivity contribution in [1.82, 2.24) is 10.2 Å². The summed E-state index contributed by atoms with van der Waals surface area (Å²) in [7, 11) is 0. The first-order valence-electron chi connectivity index (χ1n) is 10.8. The molecule has 1 aromatic rings. The minimum atomic E-state index is -5.17. The van der Waals surface area contributed by atoms with Gasteiger partial charge in [-0.1, -0.05) is 22.0 Å². The number of likely N-dealkylation sites (tertiary alicyclic amines) is 1. The second-order valence-electron chi connectivity index (χ2n) is 9.48. The smallest absolute Gasteiger partial charge is 0.336 e. The standard InChI is InChI=1S/C22H18BrF8N3O2/c23-12-1-2-13(14(8-12)21(26,27)28)20(24,25)11-7-15(16(35)33-18(10-32)3-4-18)34(9-11)17(36)19(5-6-19)22(29,30)31/h1-2,8,11,15H,3-7,9H2,(H,33,35)/t11-,15+/m1/s1. The second-order valence-corrected chi connectivity index (χ2v) is 10.4. The van der Waals surface area contributed by atoms with Gasteiger partial charge in [-0.2, -0.15) is 31.6 Å². The lowest BCUT2D eigenvalue weighted by atomic mass is 9.89. The molecule has 196 valence electrons. The quantitative estimate of drug-likeness (QED) is 0.476. The average molecular weight is 588 g/mol. The van der Waals surface area contributed by atoms with Crippen LogP contribution in [0.3, 0.4) is 0 Å². The number of nitrogens with zero attached hydrogens (tertiary/aromatic N) is 2. The molecule has 2 aliphatic carbocycles. The Morgan fingerprint density at radius 2 is 1.64 bits per heavy atom. The van der Waals surface area contributed by atoms with Crippen molar-refractivity contribution < 1.29 is 44.7 Å². The van der Waals surface area contributed by atoms with E-state index in [1.54, 1.807) is 0 Å². The van der Waals surface area contributed by atoms with Crippen molar-refractivity contribution in [2.24, 2.45) is 11.3 Å². The van der Waals surface area contributed by atoms with E-state index in [9.17, 15) is 41.2 Å². The van der Waals surface area contributed by atoms with Crippen LogP contribution >= 0.6 is 15.9 Å². The van der Waals surface area contributed by atoms with Crippen LogP contribution in [0.5, 0.6) is 0 Å². The fraction of sp³-hybridized carbons (Fsp3) is 0.591. The molecule has 5 nitrogen and oxygen atoms in total. The molecule has 1 saturated heterocycles. The molecule has 2 amide bonds. The summed E-state index contributed by atoms with van der Waals surface area (Å²) in [5.74, 6) is -8.99. The molecule has 2 atom stereocenters.